The Hall–Kier alpha value is -3.15. The van der Waals surface area contributed by atoms with E-state index in [1.807, 2.05) is 37.3 Å². The fourth-order valence-corrected chi connectivity index (χ4v) is 2.66. The van der Waals surface area contributed by atoms with Crippen molar-refractivity contribution < 1.29 is 9.59 Å². The molecule has 2 amide bonds. The van der Waals surface area contributed by atoms with E-state index >= 15 is 0 Å². The first-order valence-electron chi connectivity index (χ1n) is 8.13. The number of nitrogens with zero attached hydrogens (tertiary/aromatic N) is 1. The maximum Gasteiger partial charge on any atom is 0.224 e. The number of H-pyrrole nitrogens is 1. The number of hydrogen-bond acceptors (Lipinski definition) is 3. The number of nitrogens with one attached hydrogen (secondary N) is 3. The summed E-state index contributed by atoms with van der Waals surface area (Å²) >= 11 is 0. The van der Waals surface area contributed by atoms with Gasteiger partial charge >= 0.3 is 0 Å². The molecule has 6 nitrogen and oxygen atoms in total. The number of aryl methyl sites for hydroxylation is 1. The van der Waals surface area contributed by atoms with E-state index in [4.69, 9.17) is 0 Å². The number of para-hydroxylation sites is 2. The number of benzene rings is 2. The normalized spacial score (nSPS) is 10.6. The van der Waals surface area contributed by atoms with Crippen LogP contribution in [0.15, 0.2) is 42.5 Å². The zero-order valence-corrected chi connectivity index (χ0v) is 14.2. The summed E-state index contributed by atoms with van der Waals surface area (Å²) in [5.41, 5.74) is 4.09. The second-order valence-electron chi connectivity index (χ2n) is 5.91. The van der Waals surface area contributed by atoms with Crippen LogP contribution in [0.5, 0.6) is 0 Å². The number of hydrogen-bond donors (Lipinski definition) is 3. The molecule has 0 aliphatic carbocycles. The predicted molar refractivity (Wildman–Crippen MR) is 98.5 cm³/mol. The SMILES string of the molecule is CC(=O)Nc1cccc(NC(=O)CCc2nc3ccccc3[nH]2)c1C. The summed E-state index contributed by atoms with van der Waals surface area (Å²) in [4.78, 5) is 31.2. The maximum atomic E-state index is 12.2. The van der Waals surface area contributed by atoms with E-state index in [0.29, 0.717) is 24.2 Å². The minimum absolute atomic E-state index is 0.0940. The molecule has 3 N–H and O–H groups in total. The topological polar surface area (TPSA) is 86.9 Å². The third-order valence-corrected chi connectivity index (χ3v) is 3.95. The van der Waals surface area contributed by atoms with Crippen LogP contribution in [0.25, 0.3) is 11.0 Å². The van der Waals surface area contributed by atoms with Gasteiger partial charge in [-0.1, -0.05) is 18.2 Å². The minimum Gasteiger partial charge on any atom is -0.342 e. The van der Waals surface area contributed by atoms with Crippen LogP contribution in [-0.2, 0) is 16.0 Å². The highest BCUT2D eigenvalue weighted by Gasteiger charge is 2.10. The Morgan fingerprint density at radius 1 is 1.04 bits per heavy atom. The fourth-order valence-electron chi connectivity index (χ4n) is 2.66. The molecule has 0 aliphatic rings. The van der Waals surface area contributed by atoms with Gasteiger partial charge < -0.3 is 15.6 Å². The van der Waals surface area contributed by atoms with Crippen molar-refractivity contribution in [1.29, 1.82) is 0 Å². The molecule has 25 heavy (non-hydrogen) atoms. The van der Waals surface area contributed by atoms with E-state index in [-0.39, 0.29) is 11.8 Å². The number of amides is 2. The first-order valence-corrected chi connectivity index (χ1v) is 8.13. The molecule has 0 fully saturated rings. The van der Waals surface area contributed by atoms with Gasteiger partial charge in [-0.3, -0.25) is 9.59 Å². The Kier molecular flexibility index (Phi) is 4.79. The van der Waals surface area contributed by atoms with Crippen molar-refractivity contribution >= 4 is 34.2 Å². The van der Waals surface area contributed by atoms with E-state index in [1.54, 1.807) is 12.1 Å². The summed E-state index contributed by atoms with van der Waals surface area (Å²) in [5, 5.41) is 5.65. The van der Waals surface area contributed by atoms with Crippen molar-refractivity contribution in [3.05, 3.63) is 53.9 Å². The van der Waals surface area contributed by atoms with Gasteiger partial charge in [0.2, 0.25) is 11.8 Å². The predicted octanol–water partition coefficient (Wildman–Crippen LogP) is 3.40. The lowest BCUT2D eigenvalue weighted by Gasteiger charge is -2.12. The van der Waals surface area contributed by atoms with Crippen LogP contribution in [0, 0.1) is 6.92 Å². The van der Waals surface area contributed by atoms with Gasteiger partial charge in [-0.05, 0) is 36.8 Å². The van der Waals surface area contributed by atoms with Crippen molar-refractivity contribution in [3.8, 4) is 0 Å². The zero-order chi connectivity index (χ0) is 17.8. The van der Waals surface area contributed by atoms with Gasteiger partial charge in [0.15, 0.2) is 0 Å². The molecule has 3 aromatic rings. The smallest absolute Gasteiger partial charge is 0.224 e. The summed E-state index contributed by atoms with van der Waals surface area (Å²) in [7, 11) is 0. The number of aromatic nitrogens is 2. The van der Waals surface area contributed by atoms with Crippen molar-refractivity contribution in [2.45, 2.75) is 26.7 Å². The molecule has 0 bridgehead atoms. The van der Waals surface area contributed by atoms with Gasteiger partial charge in [0.25, 0.3) is 0 Å². The Bertz CT molecular complexity index is 897. The molecule has 0 atom stereocenters. The Morgan fingerprint density at radius 3 is 2.48 bits per heavy atom. The molecule has 1 aromatic heterocycles. The summed E-state index contributed by atoms with van der Waals surface area (Å²) in [6.07, 6.45) is 0.856. The van der Waals surface area contributed by atoms with Crippen LogP contribution in [0.3, 0.4) is 0 Å². The third kappa shape index (κ3) is 4.03. The van der Waals surface area contributed by atoms with Crippen molar-refractivity contribution in [1.82, 2.24) is 9.97 Å². The van der Waals surface area contributed by atoms with Gasteiger partial charge in [-0.25, -0.2) is 4.98 Å². The molecule has 2 aromatic carbocycles. The van der Waals surface area contributed by atoms with Crippen LogP contribution < -0.4 is 10.6 Å². The molecule has 3 rings (SSSR count). The summed E-state index contributed by atoms with van der Waals surface area (Å²) < 4.78 is 0. The van der Waals surface area contributed by atoms with E-state index in [2.05, 4.69) is 20.6 Å². The molecule has 6 heteroatoms. The standard InChI is InChI=1S/C19H20N4O2/c1-12-14(20-13(2)24)8-5-9-15(12)23-19(25)11-10-18-21-16-6-3-4-7-17(16)22-18/h3-9H,10-11H2,1-2H3,(H,20,24)(H,21,22)(H,23,25). The molecular weight excluding hydrogens is 316 g/mol. The number of carbonyl (C=O) groups excluding carboxylic acids is 2. The average Bonchev–Trinajstić information content (AvgIpc) is 2.99. The highest BCUT2D eigenvalue weighted by Crippen LogP contribution is 2.23. The number of rotatable bonds is 5. The number of fused-ring (bicyclic) bond motifs is 1. The third-order valence-electron chi connectivity index (χ3n) is 3.95. The molecule has 0 saturated heterocycles. The zero-order valence-electron chi connectivity index (χ0n) is 14.2. The highest BCUT2D eigenvalue weighted by molar-refractivity contribution is 5.95. The first-order chi connectivity index (χ1) is 12.0. The number of aromatic amines is 1. The van der Waals surface area contributed by atoms with Crippen LogP contribution in [0.4, 0.5) is 11.4 Å². The lowest BCUT2D eigenvalue weighted by atomic mass is 10.1. The lowest BCUT2D eigenvalue weighted by Crippen LogP contribution is -2.15. The fraction of sp³-hybridized carbons (Fsp3) is 0.211. The molecule has 0 aliphatic heterocycles. The van der Waals surface area contributed by atoms with Crippen LogP contribution in [-0.4, -0.2) is 21.8 Å². The molecule has 128 valence electrons. The number of anilines is 2. The van der Waals surface area contributed by atoms with Gasteiger partial charge in [-0.2, -0.15) is 0 Å². The summed E-state index contributed by atoms with van der Waals surface area (Å²) in [5.74, 6) is 0.556. The van der Waals surface area contributed by atoms with Gasteiger partial charge in [0, 0.05) is 31.1 Å². The van der Waals surface area contributed by atoms with Crippen LogP contribution >= 0.6 is 0 Å². The van der Waals surface area contributed by atoms with E-state index < -0.39 is 0 Å². The number of imidazole rings is 1. The lowest BCUT2D eigenvalue weighted by molar-refractivity contribution is -0.116. The Labute approximate surface area is 145 Å². The summed E-state index contributed by atoms with van der Waals surface area (Å²) in [6, 6.07) is 13.2. The second kappa shape index (κ2) is 7.17. The molecule has 0 saturated carbocycles. The van der Waals surface area contributed by atoms with Gasteiger partial charge in [0.05, 0.1) is 11.0 Å². The number of carbonyl (C=O) groups is 2. The van der Waals surface area contributed by atoms with Gasteiger partial charge in [-0.15, -0.1) is 0 Å². The molecule has 1 heterocycles. The summed E-state index contributed by atoms with van der Waals surface area (Å²) in [6.45, 7) is 3.32. The van der Waals surface area contributed by atoms with Crippen molar-refractivity contribution in [2.24, 2.45) is 0 Å². The van der Waals surface area contributed by atoms with E-state index in [0.717, 1.165) is 22.4 Å². The van der Waals surface area contributed by atoms with Crippen molar-refractivity contribution in [3.63, 3.8) is 0 Å². The molecule has 0 spiro atoms. The second-order valence-corrected chi connectivity index (χ2v) is 5.91. The Balaban J connectivity index is 1.63. The highest BCUT2D eigenvalue weighted by atomic mass is 16.2. The average molecular weight is 336 g/mol. The van der Waals surface area contributed by atoms with Crippen LogP contribution in [0.1, 0.15) is 24.7 Å². The quantitative estimate of drug-likeness (QED) is 0.667. The Morgan fingerprint density at radius 2 is 1.76 bits per heavy atom. The largest absolute Gasteiger partial charge is 0.342 e. The van der Waals surface area contributed by atoms with Crippen molar-refractivity contribution in [2.75, 3.05) is 10.6 Å². The van der Waals surface area contributed by atoms with Gasteiger partial charge in [0.1, 0.15) is 5.82 Å². The minimum atomic E-state index is -0.142. The molecule has 0 radical (unpaired) electrons. The van der Waals surface area contributed by atoms with E-state index in [9.17, 15) is 9.59 Å². The molecule has 0 unspecified atom stereocenters. The first kappa shape index (κ1) is 16.7. The maximum absolute atomic E-state index is 12.2. The van der Waals surface area contributed by atoms with E-state index in [1.165, 1.54) is 6.92 Å². The van der Waals surface area contributed by atoms with Crippen LogP contribution in [0.2, 0.25) is 0 Å². The monoisotopic (exact) mass is 336 g/mol. The molecular formula is C19H20N4O2.